The van der Waals surface area contributed by atoms with E-state index in [9.17, 15) is 4.79 Å². The number of hydrogen-bond acceptors (Lipinski definition) is 4. The predicted octanol–water partition coefficient (Wildman–Crippen LogP) is 3.12. The molecule has 1 aromatic rings. The maximum absolute atomic E-state index is 11.8. The smallest absolute Gasteiger partial charge is 0.233 e. The van der Waals surface area contributed by atoms with Gasteiger partial charge in [-0.05, 0) is 35.0 Å². The quantitative estimate of drug-likeness (QED) is 0.774. The lowest BCUT2D eigenvalue weighted by Gasteiger charge is -2.22. The molecule has 2 rings (SSSR count). The SMILES string of the molecule is CCOCCN1C(=O)CSC1c1ccc(Br)s1. The highest BCUT2D eigenvalue weighted by Gasteiger charge is 2.33. The van der Waals surface area contributed by atoms with Crippen LogP contribution in [0, 0.1) is 0 Å². The monoisotopic (exact) mass is 335 g/mol. The lowest BCUT2D eigenvalue weighted by atomic mass is 10.4. The van der Waals surface area contributed by atoms with E-state index in [-0.39, 0.29) is 11.3 Å². The Morgan fingerprint density at radius 3 is 3.06 bits per heavy atom. The van der Waals surface area contributed by atoms with Crippen molar-refractivity contribution in [1.29, 1.82) is 0 Å². The van der Waals surface area contributed by atoms with Gasteiger partial charge >= 0.3 is 0 Å². The van der Waals surface area contributed by atoms with Gasteiger partial charge in [0.15, 0.2) is 0 Å². The van der Waals surface area contributed by atoms with E-state index in [0.29, 0.717) is 25.5 Å². The molecule has 0 saturated carbocycles. The molecule has 1 saturated heterocycles. The number of carbonyl (C=O) groups excluding carboxylic acids is 1. The predicted molar refractivity (Wildman–Crippen MR) is 75.4 cm³/mol. The van der Waals surface area contributed by atoms with E-state index in [1.807, 2.05) is 17.9 Å². The van der Waals surface area contributed by atoms with Gasteiger partial charge in [0.05, 0.1) is 16.1 Å². The molecule has 3 nitrogen and oxygen atoms in total. The first-order chi connectivity index (χ1) is 8.22. The molecule has 1 aromatic heterocycles. The Morgan fingerprint density at radius 2 is 2.41 bits per heavy atom. The molecule has 0 aliphatic carbocycles. The Bertz CT molecular complexity index is 397. The summed E-state index contributed by atoms with van der Waals surface area (Å²) in [6.07, 6.45) is 0. The van der Waals surface area contributed by atoms with Crippen LogP contribution in [0.3, 0.4) is 0 Å². The van der Waals surface area contributed by atoms with Crippen molar-refractivity contribution in [2.75, 3.05) is 25.5 Å². The summed E-state index contributed by atoms with van der Waals surface area (Å²) in [5.41, 5.74) is 0. The summed E-state index contributed by atoms with van der Waals surface area (Å²) in [5.74, 6) is 0.788. The molecule has 1 atom stereocenters. The normalized spacial score (nSPS) is 20.2. The van der Waals surface area contributed by atoms with Gasteiger partial charge in [-0.1, -0.05) is 0 Å². The van der Waals surface area contributed by atoms with Gasteiger partial charge in [-0.3, -0.25) is 4.79 Å². The van der Waals surface area contributed by atoms with Crippen molar-refractivity contribution < 1.29 is 9.53 Å². The Labute approximate surface area is 118 Å². The Hall–Kier alpha value is -0.0400. The Morgan fingerprint density at radius 1 is 1.59 bits per heavy atom. The van der Waals surface area contributed by atoms with Gasteiger partial charge in [0.25, 0.3) is 0 Å². The number of nitrogens with zero attached hydrogens (tertiary/aromatic N) is 1. The number of hydrogen-bond donors (Lipinski definition) is 0. The van der Waals surface area contributed by atoms with Crippen LogP contribution in [-0.4, -0.2) is 36.3 Å². The van der Waals surface area contributed by atoms with Crippen molar-refractivity contribution >= 4 is 44.9 Å². The van der Waals surface area contributed by atoms with Gasteiger partial charge in [-0.15, -0.1) is 23.1 Å². The van der Waals surface area contributed by atoms with E-state index < -0.39 is 0 Å². The van der Waals surface area contributed by atoms with E-state index in [1.165, 1.54) is 4.88 Å². The zero-order valence-electron chi connectivity index (χ0n) is 9.52. The molecule has 0 aromatic carbocycles. The second-order valence-corrected chi connectivity index (χ2v) is 7.15. The maximum atomic E-state index is 11.8. The van der Waals surface area contributed by atoms with Crippen LogP contribution >= 0.6 is 39.0 Å². The molecule has 1 fully saturated rings. The molecule has 0 spiro atoms. The summed E-state index contributed by atoms with van der Waals surface area (Å²) in [7, 11) is 0. The Kier molecular flexibility index (Phi) is 4.90. The van der Waals surface area contributed by atoms with E-state index in [2.05, 4.69) is 22.0 Å². The van der Waals surface area contributed by atoms with Crippen LogP contribution in [0.25, 0.3) is 0 Å². The van der Waals surface area contributed by atoms with Crippen LogP contribution in [0.1, 0.15) is 17.2 Å². The van der Waals surface area contributed by atoms with Crippen molar-refractivity contribution in [3.63, 3.8) is 0 Å². The molecule has 0 N–H and O–H groups in total. The molecule has 1 aliphatic rings. The first kappa shape index (κ1) is 13.4. The van der Waals surface area contributed by atoms with E-state index in [0.717, 1.165) is 3.79 Å². The van der Waals surface area contributed by atoms with E-state index in [4.69, 9.17) is 4.74 Å². The lowest BCUT2D eigenvalue weighted by Crippen LogP contribution is -2.31. The van der Waals surface area contributed by atoms with Crippen LogP contribution in [0.4, 0.5) is 0 Å². The first-order valence-electron chi connectivity index (χ1n) is 5.46. The molecular formula is C11H14BrNO2S2. The van der Waals surface area contributed by atoms with Crippen LogP contribution in [-0.2, 0) is 9.53 Å². The van der Waals surface area contributed by atoms with E-state index >= 15 is 0 Å². The summed E-state index contributed by atoms with van der Waals surface area (Å²) in [6.45, 7) is 3.96. The molecule has 2 heterocycles. The summed E-state index contributed by atoms with van der Waals surface area (Å²) in [6, 6.07) is 4.11. The van der Waals surface area contributed by atoms with Crippen LogP contribution in [0.2, 0.25) is 0 Å². The third kappa shape index (κ3) is 3.24. The molecule has 94 valence electrons. The number of carbonyl (C=O) groups is 1. The number of amides is 1. The van der Waals surface area contributed by atoms with Crippen LogP contribution in [0.5, 0.6) is 0 Å². The van der Waals surface area contributed by atoms with Gasteiger partial charge in [-0.2, -0.15) is 0 Å². The van der Waals surface area contributed by atoms with Gasteiger partial charge in [0.1, 0.15) is 5.37 Å². The Balaban J connectivity index is 2.03. The first-order valence-corrected chi connectivity index (χ1v) is 8.12. The van der Waals surface area contributed by atoms with Gasteiger partial charge < -0.3 is 9.64 Å². The standard InChI is InChI=1S/C11H14BrNO2S2/c1-2-15-6-5-13-10(14)7-16-11(13)8-3-4-9(12)17-8/h3-4,11H,2,5-7H2,1H3. The summed E-state index contributed by atoms with van der Waals surface area (Å²) < 4.78 is 6.43. The lowest BCUT2D eigenvalue weighted by molar-refractivity contribution is -0.128. The number of thioether (sulfide) groups is 1. The minimum atomic E-state index is 0.166. The summed E-state index contributed by atoms with van der Waals surface area (Å²) >= 11 is 6.84. The van der Waals surface area contributed by atoms with Gasteiger partial charge in [0.2, 0.25) is 5.91 Å². The fraction of sp³-hybridized carbons (Fsp3) is 0.545. The average molecular weight is 336 g/mol. The van der Waals surface area contributed by atoms with Gasteiger partial charge in [-0.25, -0.2) is 0 Å². The third-order valence-corrected chi connectivity index (χ3v) is 5.55. The molecular weight excluding hydrogens is 322 g/mol. The zero-order valence-corrected chi connectivity index (χ0v) is 12.7. The minimum absolute atomic E-state index is 0.166. The molecule has 17 heavy (non-hydrogen) atoms. The molecule has 1 unspecified atom stereocenters. The summed E-state index contributed by atoms with van der Waals surface area (Å²) in [4.78, 5) is 14.9. The van der Waals surface area contributed by atoms with Crippen molar-refractivity contribution in [2.24, 2.45) is 0 Å². The highest BCUT2D eigenvalue weighted by atomic mass is 79.9. The highest BCUT2D eigenvalue weighted by Crippen LogP contribution is 2.42. The average Bonchev–Trinajstić information content (AvgIpc) is 2.87. The largest absolute Gasteiger partial charge is 0.380 e. The zero-order chi connectivity index (χ0) is 12.3. The van der Waals surface area contributed by atoms with Crippen LogP contribution in [0.15, 0.2) is 15.9 Å². The van der Waals surface area contributed by atoms with Crippen molar-refractivity contribution in [3.8, 4) is 0 Å². The maximum Gasteiger partial charge on any atom is 0.233 e. The summed E-state index contributed by atoms with van der Waals surface area (Å²) in [5, 5.41) is 0.166. The fourth-order valence-corrected chi connectivity index (χ4v) is 4.58. The second-order valence-electron chi connectivity index (χ2n) is 3.59. The highest BCUT2D eigenvalue weighted by molar-refractivity contribution is 9.11. The minimum Gasteiger partial charge on any atom is -0.380 e. The number of thiophene rings is 1. The van der Waals surface area contributed by atoms with Crippen molar-refractivity contribution in [2.45, 2.75) is 12.3 Å². The van der Waals surface area contributed by atoms with Crippen LogP contribution < -0.4 is 0 Å². The fourth-order valence-electron chi connectivity index (χ4n) is 1.70. The second kappa shape index (κ2) is 6.22. The number of rotatable bonds is 5. The molecule has 0 bridgehead atoms. The van der Waals surface area contributed by atoms with Crippen molar-refractivity contribution in [3.05, 3.63) is 20.8 Å². The molecule has 6 heteroatoms. The van der Waals surface area contributed by atoms with Gasteiger partial charge in [0, 0.05) is 18.0 Å². The molecule has 1 amide bonds. The number of ether oxygens (including phenoxy) is 1. The van der Waals surface area contributed by atoms with Crippen molar-refractivity contribution in [1.82, 2.24) is 4.90 Å². The third-order valence-electron chi connectivity index (χ3n) is 2.49. The molecule has 1 aliphatic heterocycles. The number of halogens is 1. The molecule has 0 radical (unpaired) electrons. The topological polar surface area (TPSA) is 29.5 Å². The van der Waals surface area contributed by atoms with E-state index in [1.54, 1.807) is 23.1 Å².